The van der Waals surface area contributed by atoms with E-state index in [0.717, 1.165) is 5.56 Å². The van der Waals surface area contributed by atoms with Crippen LogP contribution in [0.3, 0.4) is 0 Å². The molecule has 8 heteroatoms. The molecule has 0 heterocycles. The Kier molecular flexibility index (Phi) is 7.49. The van der Waals surface area contributed by atoms with Crippen LogP contribution in [-0.4, -0.2) is 31.3 Å². The average molecular weight is 280 g/mol. The van der Waals surface area contributed by atoms with Gasteiger partial charge in [0.2, 0.25) is 0 Å². The number of hydrogen-bond acceptors (Lipinski definition) is 4. The average Bonchev–Trinajstić information content (AvgIpc) is 2.19. The molecule has 0 aliphatic rings. The van der Waals surface area contributed by atoms with Gasteiger partial charge in [0.1, 0.15) is 0 Å². The van der Waals surface area contributed by atoms with Gasteiger partial charge in [0.05, 0.1) is 18.3 Å². The van der Waals surface area contributed by atoms with Gasteiger partial charge in [-0.2, -0.15) is 8.42 Å². The Bertz CT molecular complexity index is 499. The van der Waals surface area contributed by atoms with Crippen LogP contribution < -0.4 is 40.0 Å². The zero-order valence-electron chi connectivity index (χ0n) is 10.3. The normalized spacial score (nSPS) is 11.8. The molecule has 0 unspecified atom stereocenters. The molecule has 0 atom stereocenters. The van der Waals surface area contributed by atoms with Crippen LogP contribution in [-0.2, 0) is 10.1 Å². The molecule has 0 fully saturated rings. The summed E-state index contributed by atoms with van der Waals surface area (Å²) in [6.45, 7) is 1.65. The maximum Gasteiger partial charge on any atom is 1.00 e. The minimum Gasteiger partial charge on any atom is -0.846 e. The summed E-state index contributed by atoms with van der Waals surface area (Å²) >= 11 is 0. The second kappa shape index (κ2) is 7.75. The first-order valence-corrected chi connectivity index (χ1v) is 6.48. The second-order valence-corrected chi connectivity index (χ2v) is 5.04. The number of hydrogen-bond donors (Lipinski definition) is 2. The summed E-state index contributed by atoms with van der Waals surface area (Å²) in [7, 11) is -4.07. The summed E-state index contributed by atoms with van der Waals surface area (Å²) in [5.41, 5.74) is 1.64. The van der Waals surface area contributed by atoms with Gasteiger partial charge in [0.15, 0.2) is 0 Å². The van der Waals surface area contributed by atoms with E-state index in [1.807, 2.05) is 19.1 Å². The third-order valence-corrected chi connectivity index (χ3v) is 2.61. The van der Waals surface area contributed by atoms with Crippen LogP contribution in [0.25, 0.3) is 0 Å². The number of benzene rings is 1. The Hall–Kier alpha value is -0.600. The van der Waals surface area contributed by atoms with Crippen molar-refractivity contribution in [3.05, 3.63) is 29.8 Å². The van der Waals surface area contributed by atoms with Crippen LogP contribution in [0.5, 0.6) is 0 Å². The molecular formula is C10H13N2NaO4S. The fourth-order valence-corrected chi connectivity index (χ4v) is 1.38. The van der Waals surface area contributed by atoms with Crippen molar-refractivity contribution in [3.63, 3.8) is 0 Å². The topological polar surface area (TPSA) is 102 Å². The fraction of sp³-hybridized carbons (Fsp3) is 0.300. The fourth-order valence-electron chi connectivity index (χ4n) is 1.06. The molecule has 0 radical (unpaired) electrons. The Labute approximate surface area is 128 Å². The first-order valence-electron chi connectivity index (χ1n) is 4.87. The quantitative estimate of drug-likeness (QED) is 0.265. The third-order valence-electron chi connectivity index (χ3n) is 1.91. The van der Waals surface area contributed by atoms with Gasteiger partial charge in [0.25, 0.3) is 10.1 Å². The minimum absolute atomic E-state index is 0. The van der Waals surface area contributed by atoms with Gasteiger partial charge in [-0.3, -0.25) is 9.55 Å². The minimum atomic E-state index is -4.07. The summed E-state index contributed by atoms with van der Waals surface area (Å²) in [6, 6.07) is 6.44. The predicted octanol–water partition coefficient (Wildman–Crippen LogP) is -2.98. The van der Waals surface area contributed by atoms with E-state index in [1.165, 1.54) is 0 Å². The smallest absolute Gasteiger partial charge is 0.846 e. The van der Waals surface area contributed by atoms with Gasteiger partial charge >= 0.3 is 29.6 Å². The molecule has 94 valence electrons. The first kappa shape index (κ1) is 17.4. The molecule has 0 aliphatic heterocycles. The van der Waals surface area contributed by atoms with E-state index < -0.39 is 21.9 Å². The molecule has 1 rings (SSSR count). The van der Waals surface area contributed by atoms with Crippen LogP contribution in [0.2, 0.25) is 0 Å². The van der Waals surface area contributed by atoms with Crippen molar-refractivity contribution in [2.24, 2.45) is 4.99 Å². The molecule has 0 spiro atoms. The molecule has 0 aromatic heterocycles. The van der Waals surface area contributed by atoms with Crippen LogP contribution >= 0.6 is 0 Å². The van der Waals surface area contributed by atoms with E-state index in [2.05, 4.69) is 10.3 Å². The molecular weight excluding hydrogens is 267 g/mol. The van der Waals surface area contributed by atoms with E-state index in [0.29, 0.717) is 5.69 Å². The van der Waals surface area contributed by atoms with Gasteiger partial charge < -0.3 is 10.4 Å². The van der Waals surface area contributed by atoms with Crippen LogP contribution in [0.15, 0.2) is 29.3 Å². The monoisotopic (exact) mass is 280 g/mol. The SMILES string of the molecule is Cc1ccc(NC([O-])=NCCS(=O)(=O)O)cc1.[Na+]. The van der Waals surface area contributed by atoms with Crippen molar-refractivity contribution >= 4 is 21.8 Å². The Morgan fingerprint density at radius 2 is 1.94 bits per heavy atom. The van der Waals surface area contributed by atoms with Crippen LogP contribution in [0, 0.1) is 6.92 Å². The molecule has 0 saturated carbocycles. The zero-order chi connectivity index (χ0) is 12.9. The summed E-state index contributed by atoms with van der Waals surface area (Å²) < 4.78 is 29.2. The second-order valence-electron chi connectivity index (χ2n) is 3.46. The zero-order valence-corrected chi connectivity index (χ0v) is 13.1. The van der Waals surface area contributed by atoms with E-state index in [4.69, 9.17) is 4.55 Å². The Balaban J connectivity index is 0.00000289. The summed E-state index contributed by atoms with van der Waals surface area (Å²) in [5, 5.41) is 13.7. The molecule has 0 amide bonds. The molecule has 0 aliphatic carbocycles. The number of amidine groups is 1. The largest absolute Gasteiger partial charge is 1.00 e. The third kappa shape index (κ3) is 7.67. The van der Waals surface area contributed by atoms with Gasteiger partial charge in [-0.05, 0) is 19.1 Å². The van der Waals surface area contributed by atoms with Crippen molar-refractivity contribution < 1.29 is 47.6 Å². The van der Waals surface area contributed by atoms with Gasteiger partial charge in [-0.1, -0.05) is 17.7 Å². The predicted molar refractivity (Wildman–Crippen MR) is 63.5 cm³/mol. The van der Waals surface area contributed by atoms with E-state index in [1.54, 1.807) is 12.1 Å². The Morgan fingerprint density at radius 1 is 1.39 bits per heavy atom. The number of nitrogens with zero attached hydrogens (tertiary/aromatic N) is 1. The van der Waals surface area contributed by atoms with Crippen molar-refractivity contribution in [3.8, 4) is 0 Å². The van der Waals surface area contributed by atoms with Gasteiger partial charge in [-0.15, -0.1) is 0 Å². The molecule has 1 aromatic carbocycles. The molecule has 0 bridgehead atoms. The summed E-state index contributed by atoms with van der Waals surface area (Å²) in [6.07, 6.45) is 0. The van der Waals surface area contributed by atoms with Crippen LogP contribution in [0.4, 0.5) is 5.69 Å². The summed E-state index contributed by atoms with van der Waals surface area (Å²) in [5.74, 6) is -0.561. The van der Waals surface area contributed by atoms with E-state index in [-0.39, 0.29) is 36.1 Å². The summed E-state index contributed by atoms with van der Waals surface area (Å²) in [4.78, 5) is 3.44. The number of anilines is 1. The molecule has 18 heavy (non-hydrogen) atoms. The molecule has 1 aromatic rings. The molecule has 2 N–H and O–H groups in total. The van der Waals surface area contributed by atoms with Gasteiger partial charge in [0, 0.05) is 5.69 Å². The Morgan fingerprint density at radius 3 is 2.44 bits per heavy atom. The van der Waals surface area contributed by atoms with Crippen molar-refractivity contribution in [2.45, 2.75) is 6.92 Å². The molecule has 0 saturated heterocycles. The van der Waals surface area contributed by atoms with E-state index in [9.17, 15) is 13.5 Å². The standard InChI is InChI=1S/C10H14N2O4S.Na/c1-8-2-4-9(5-3-8)12-10(13)11-6-7-17(14,15)16;/h2-5H,6-7H2,1H3,(H2,11,12,13)(H,14,15,16);/q;+1/p-1. The van der Waals surface area contributed by atoms with Gasteiger partial charge in [-0.25, -0.2) is 0 Å². The maximum absolute atomic E-state index is 11.2. The number of rotatable bonds is 4. The maximum atomic E-state index is 11.2. The first-order chi connectivity index (χ1) is 7.87. The van der Waals surface area contributed by atoms with Crippen molar-refractivity contribution in [1.29, 1.82) is 0 Å². The van der Waals surface area contributed by atoms with E-state index >= 15 is 0 Å². The van der Waals surface area contributed by atoms with Crippen molar-refractivity contribution in [2.75, 3.05) is 17.6 Å². The molecule has 6 nitrogen and oxygen atoms in total. The van der Waals surface area contributed by atoms with Crippen LogP contribution in [0.1, 0.15) is 5.56 Å². The number of nitrogens with one attached hydrogen (secondary N) is 1. The number of aryl methyl sites for hydroxylation is 1. The van der Waals surface area contributed by atoms with Crippen molar-refractivity contribution in [1.82, 2.24) is 0 Å². The number of aliphatic imine (C=N–C) groups is 1.